The van der Waals surface area contributed by atoms with E-state index in [-0.39, 0.29) is 18.6 Å². The number of aliphatic hydroxyl groups is 1. The number of piperidine rings is 1. The number of hydrogen-bond donors (Lipinski definition) is 3. The number of aromatic amines is 1. The first-order valence-corrected chi connectivity index (χ1v) is 8.85. The van der Waals surface area contributed by atoms with E-state index < -0.39 is 0 Å². The fraction of sp³-hybridized carbons (Fsp3) is 0.474. The van der Waals surface area contributed by atoms with Crippen molar-refractivity contribution in [1.29, 1.82) is 0 Å². The summed E-state index contributed by atoms with van der Waals surface area (Å²) in [5, 5.41) is 19.7. The Kier molecular flexibility index (Phi) is 5.38. The van der Waals surface area contributed by atoms with Gasteiger partial charge in [-0.2, -0.15) is 5.10 Å². The maximum atomic E-state index is 12.7. The molecule has 1 saturated heterocycles. The maximum Gasteiger partial charge on any atom is 0.253 e. The Balaban J connectivity index is 1.67. The van der Waals surface area contributed by atoms with Crippen LogP contribution in [-0.4, -0.2) is 45.8 Å². The molecular weight excluding hydrogens is 316 g/mol. The van der Waals surface area contributed by atoms with E-state index in [0.29, 0.717) is 24.6 Å². The molecule has 6 nitrogen and oxygen atoms in total. The molecule has 1 atom stereocenters. The van der Waals surface area contributed by atoms with Gasteiger partial charge in [-0.3, -0.25) is 9.89 Å². The molecule has 0 bridgehead atoms. The van der Waals surface area contributed by atoms with Gasteiger partial charge in [0.15, 0.2) is 0 Å². The smallest absolute Gasteiger partial charge is 0.253 e. The van der Waals surface area contributed by atoms with E-state index in [2.05, 4.69) is 22.4 Å². The van der Waals surface area contributed by atoms with Crippen LogP contribution in [0.25, 0.3) is 0 Å². The summed E-state index contributed by atoms with van der Waals surface area (Å²) in [5.41, 5.74) is 3.77. The van der Waals surface area contributed by atoms with Crippen molar-refractivity contribution in [3.63, 3.8) is 0 Å². The zero-order valence-electron chi connectivity index (χ0n) is 14.8. The number of aryl methyl sites for hydroxylation is 1. The Morgan fingerprint density at radius 3 is 2.84 bits per heavy atom. The summed E-state index contributed by atoms with van der Waals surface area (Å²) in [6.07, 6.45) is 3.57. The highest BCUT2D eigenvalue weighted by Crippen LogP contribution is 2.23. The SMILES string of the molecule is Cc1[nH]ncc1C(C)Nc1cccc(C(=O)N2CCC(CO)CC2)c1. The van der Waals surface area contributed by atoms with Gasteiger partial charge in [0.05, 0.1) is 12.2 Å². The molecule has 0 saturated carbocycles. The molecule has 2 heterocycles. The van der Waals surface area contributed by atoms with Crippen LogP contribution >= 0.6 is 0 Å². The molecule has 134 valence electrons. The average Bonchev–Trinajstić information content (AvgIpc) is 3.07. The Hall–Kier alpha value is -2.34. The fourth-order valence-corrected chi connectivity index (χ4v) is 3.37. The van der Waals surface area contributed by atoms with Crippen LogP contribution < -0.4 is 5.32 Å². The van der Waals surface area contributed by atoms with E-state index in [4.69, 9.17) is 0 Å². The average molecular weight is 342 g/mol. The summed E-state index contributed by atoms with van der Waals surface area (Å²) in [5.74, 6) is 0.392. The minimum atomic E-state index is 0.0622. The molecule has 0 aliphatic carbocycles. The summed E-state index contributed by atoms with van der Waals surface area (Å²) in [6.45, 7) is 5.72. The zero-order valence-corrected chi connectivity index (χ0v) is 14.8. The van der Waals surface area contributed by atoms with Gasteiger partial charge in [0.25, 0.3) is 5.91 Å². The highest BCUT2D eigenvalue weighted by molar-refractivity contribution is 5.95. The third-order valence-electron chi connectivity index (χ3n) is 4.99. The second kappa shape index (κ2) is 7.70. The van der Waals surface area contributed by atoms with Crippen molar-refractivity contribution in [2.45, 2.75) is 32.7 Å². The van der Waals surface area contributed by atoms with Crippen LogP contribution in [0.15, 0.2) is 30.5 Å². The highest BCUT2D eigenvalue weighted by atomic mass is 16.3. The van der Waals surface area contributed by atoms with E-state index in [0.717, 1.165) is 29.8 Å². The number of nitrogens with one attached hydrogen (secondary N) is 2. The molecule has 1 amide bonds. The first-order valence-electron chi connectivity index (χ1n) is 8.85. The highest BCUT2D eigenvalue weighted by Gasteiger charge is 2.23. The monoisotopic (exact) mass is 342 g/mol. The lowest BCUT2D eigenvalue weighted by Gasteiger charge is -2.31. The van der Waals surface area contributed by atoms with Crippen LogP contribution in [0.4, 0.5) is 5.69 Å². The second-order valence-electron chi connectivity index (χ2n) is 6.82. The van der Waals surface area contributed by atoms with Crippen LogP contribution in [-0.2, 0) is 0 Å². The fourth-order valence-electron chi connectivity index (χ4n) is 3.37. The van der Waals surface area contributed by atoms with Gasteiger partial charge >= 0.3 is 0 Å². The van der Waals surface area contributed by atoms with Crippen molar-refractivity contribution in [3.8, 4) is 0 Å². The first-order chi connectivity index (χ1) is 12.1. The summed E-state index contributed by atoms with van der Waals surface area (Å²) < 4.78 is 0. The number of aromatic nitrogens is 2. The van der Waals surface area contributed by atoms with Gasteiger partial charge in [-0.05, 0) is 50.8 Å². The molecule has 1 fully saturated rings. The van der Waals surface area contributed by atoms with Crippen molar-refractivity contribution in [2.75, 3.05) is 25.0 Å². The lowest BCUT2D eigenvalue weighted by molar-refractivity contribution is 0.0651. The number of likely N-dealkylation sites (tertiary alicyclic amines) is 1. The predicted molar refractivity (Wildman–Crippen MR) is 97.5 cm³/mol. The van der Waals surface area contributed by atoms with E-state index in [1.807, 2.05) is 42.3 Å². The van der Waals surface area contributed by atoms with Gasteiger partial charge in [0, 0.05) is 42.2 Å². The largest absolute Gasteiger partial charge is 0.396 e. The second-order valence-corrected chi connectivity index (χ2v) is 6.82. The Bertz CT molecular complexity index is 720. The number of rotatable bonds is 5. The van der Waals surface area contributed by atoms with Crippen LogP contribution in [0, 0.1) is 12.8 Å². The van der Waals surface area contributed by atoms with Crippen molar-refractivity contribution in [2.24, 2.45) is 5.92 Å². The Morgan fingerprint density at radius 2 is 2.20 bits per heavy atom. The van der Waals surface area contributed by atoms with E-state index in [9.17, 15) is 9.90 Å². The topological polar surface area (TPSA) is 81.2 Å². The molecule has 1 unspecified atom stereocenters. The standard InChI is InChI=1S/C19H26N4O2/c1-13(18-11-20-22-14(18)2)21-17-5-3-4-16(10-17)19(25)23-8-6-15(12-24)7-9-23/h3-5,10-11,13,15,21,24H,6-9,12H2,1-2H3,(H,20,22). The normalized spacial score (nSPS) is 16.7. The minimum absolute atomic E-state index is 0.0622. The lowest BCUT2D eigenvalue weighted by Crippen LogP contribution is -2.39. The summed E-state index contributed by atoms with van der Waals surface area (Å²) in [6, 6.07) is 7.75. The molecule has 0 spiro atoms. The van der Waals surface area contributed by atoms with Gasteiger partial charge in [0.2, 0.25) is 0 Å². The van der Waals surface area contributed by atoms with Crippen molar-refractivity contribution >= 4 is 11.6 Å². The predicted octanol–water partition coefficient (Wildman–Crippen LogP) is 2.74. The summed E-state index contributed by atoms with van der Waals surface area (Å²) in [7, 11) is 0. The number of amides is 1. The zero-order chi connectivity index (χ0) is 17.8. The van der Waals surface area contributed by atoms with Crippen molar-refractivity contribution in [3.05, 3.63) is 47.3 Å². The molecule has 6 heteroatoms. The number of hydrogen-bond acceptors (Lipinski definition) is 4. The lowest BCUT2D eigenvalue weighted by atomic mass is 9.97. The molecule has 3 N–H and O–H groups in total. The van der Waals surface area contributed by atoms with Crippen molar-refractivity contribution in [1.82, 2.24) is 15.1 Å². The minimum Gasteiger partial charge on any atom is -0.396 e. The van der Waals surface area contributed by atoms with Gasteiger partial charge < -0.3 is 15.3 Å². The molecular formula is C19H26N4O2. The number of anilines is 1. The molecule has 1 aliphatic heterocycles. The molecule has 1 aliphatic rings. The number of aliphatic hydroxyl groups excluding tert-OH is 1. The quantitative estimate of drug-likeness (QED) is 0.780. The maximum absolute atomic E-state index is 12.7. The molecule has 25 heavy (non-hydrogen) atoms. The molecule has 2 aromatic rings. The van der Waals surface area contributed by atoms with Crippen LogP contribution in [0.1, 0.15) is 47.4 Å². The molecule has 3 rings (SSSR count). The number of H-pyrrole nitrogens is 1. The third-order valence-corrected chi connectivity index (χ3v) is 4.99. The van der Waals surface area contributed by atoms with Gasteiger partial charge in [-0.1, -0.05) is 6.07 Å². The number of carbonyl (C=O) groups excluding carboxylic acids is 1. The van der Waals surface area contributed by atoms with Crippen LogP contribution in [0.2, 0.25) is 0 Å². The van der Waals surface area contributed by atoms with Crippen LogP contribution in [0.3, 0.4) is 0 Å². The first kappa shape index (κ1) is 17.5. The number of carbonyl (C=O) groups is 1. The van der Waals surface area contributed by atoms with Gasteiger partial charge in [-0.25, -0.2) is 0 Å². The Morgan fingerprint density at radius 1 is 1.44 bits per heavy atom. The van der Waals surface area contributed by atoms with E-state index in [1.54, 1.807) is 0 Å². The summed E-state index contributed by atoms with van der Waals surface area (Å²) >= 11 is 0. The molecule has 1 aromatic carbocycles. The third kappa shape index (κ3) is 4.02. The Labute approximate surface area is 148 Å². The number of benzene rings is 1. The van der Waals surface area contributed by atoms with E-state index in [1.165, 1.54) is 0 Å². The molecule has 1 aromatic heterocycles. The van der Waals surface area contributed by atoms with Crippen molar-refractivity contribution < 1.29 is 9.90 Å². The number of nitrogens with zero attached hydrogens (tertiary/aromatic N) is 2. The van der Waals surface area contributed by atoms with E-state index >= 15 is 0 Å². The van der Waals surface area contributed by atoms with Gasteiger partial charge in [-0.15, -0.1) is 0 Å². The molecule has 0 radical (unpaired) electrons. The summed E-state index contributed by atoms with van der Waals surface area (Å²) in [4.78, 5) is 14.6. The van der Waals surface area contributed by atoms with Crippen LogP contribution in [0.5, 0.6) is 0 Å². The van der Waals surface area contributed by atoms with Gasteiger partial charge in [0.1, 0.15) is 0 Å².